The third-order valence-corrected chi connectivity index (χ3v) is 4.81. The van der Waals surface area contributed by atoms with E-state index in [9.17, 15) is 24.6 Å². The van der Waals surface area contributed by atoms with Crippen molar-refractivity contribution in [1.29, 1.82) is 0 Å². The average Bonchev–Trinajstić information content (AvgIpc) is 2.75. The molecule has 0 saturated heterocycles. The van der Waals surface area contributed by atoms with Crippen molar-refractivity contribution in [2.24, 2.45) is 0 Å². The van der Waals surface area contributed by atoms with E-state index in [1.807, 2.05) is 0 Å². The minimum absolute atomic E-state index is 0.0508. The van der Waals surface area contributed by atoms with Crippen LogP contribution >= 0.6 is 0 Å². The zero-order chi connectivity index (χ0) is 21.7. The number of hydrogen-bond donors (Lipinski definition) is 3. The highest BCUT2D eigenvalue weighted by molar-refractivity contribution is 6.02. The van der Waals surface area contributed by atoms with Gasteiger partial charge in [0.05, 0.1) is 11.1 Å². The molecule has 152 valence electrons. The van der Waals surface area contributed by atoms with Gasteiger partial charge in [-0.25, -0.2) is 9.59 Å². The summed E-state index contributed by atoms with van der Waals surface area (Å²) < 4.78 is 5.73. The molecular formula is C23H18O7. The van der Waals surface area contributed by atoms with E-state index in [-0.39, 0.29) is 17.9 Å². The lowest BCUT2D eigenvalue weighted by molar-refractivity contribution is -0.143. The highest BCUT2D eigenvalue weighted by atomic mass is 16.5. The van der Waals surface area contributed by atoms with Crippen LogP contribution in [-0.2, 0) is 10.2 Å². The fraction of sp³-hybridized carbons (Fsp3) is 0.0870. The van der Waals surface area contributed by atoms with Crippen LogP contribution < -0.4 is 4.74 Å². The van der Waals surface area contributed by atoms with E-state index in [0.29, 0.717) is 11.1 Å². The fourth-order valence-electron chi connectivity index (χ4n) is 3.26. The zero-order valence-electron chi connectivity index (χ0n) is 15.7. The third-order valence-electron chi connectivity index (χ3n) is 4.81. The van der Waals surface area contributed by atoms with Crippen molar-refractivity contribution in [3.05, 3.63) is 101 Å². The number of aliphatic carboxylic acids is 1. The van der Waals surface area contributed by atoms with E-state index in [1.54, 1.807) is 60.7 Å². The SMILES string of the molecule is O=C(O)c1ccc(OCC(C(=O)O)(c2ccccc2)c2ccccc2)cc1C(=O)O. The smallest absolute Gasteiger partial charge is 0.336 e. The van der Waals surface area contributed by atoms with Gasteiger partial charge in [-0.05, 0) is 29.3 Å². The average molecular weight is 406 g/mol. The minimum Gasteiger partial charge on any atom is -0.492 e. The molecule has 0 aliphatic carbocycles. The van der Waals surface area contributed by atoms with E-state index < -0.39 is 28.9 Å². The quantitative estimate of drug-likeness (QED) is 0.523. The molecule has 7 nitrogen and oxygen atoms in total. The van der Waals surface area contributed by atoms with Crippen LogP contribution in [0.25, 0.3) is 0 Å². The molecule has 0 bridgehead atoms. The standard InChI is InChI=1S/C23H18O7/c24-20(25)18-12-11-17(13-19(18)21(26)27)30-14-23(22(28)29,15-7-3-1-4-8-15)16-9-5-2-6-10-16/h1-13H,14H2,(H,24,25)(H,26,27)(H,28,29). The molecule has 7 heteroatoms. The van der Waals surface area contributed by atoms with E-state index in [1.165, 1.54) is 6.07 Å². The van der Waals surface area contributed by atoms with Crippen molar-refractivity contribution >= 4 is 17.9 Å². The summed E-state index contributed by atoms with van der Waals surface area (Å²) >= 11 is 0. The maximum Gasteiger partial charge on any atom is 0.336 e. The Morgan fingerprint density at radius 3 is 1.63 bits per heavy atom. The van der Waals surface area contributed by atoms with Crippen LogP contribution in [0.4, 0.5) is 0 Å². The molecular weight excluding hydrogens is 388 g/mol. The molecule has 3 aromatic carbocycles. The summed E-state index contributed by atoms with van der Waals surface area (Å²) in [7, 11) is 0. The van der Waals surface area contributed by atoms with Crippen molar-refractivity contribution in [2.75, 3.05) is 6.61 Å². The summed E-state index contributed by atoms with van der Waals surface area (Å²) in [5, 5.41) is 28.7. The lowest BCUT2D eigenvalue weighted by atomic mass is 9.75. The third kappa shape index (κ3) is 3.86. The van der Waals surface area contributed by atoms with Crippen molar-refractivity contribution < 1.29 is 34.4 Å². The predicted octanol–water partition coefficient (Wildman–Crippen LogP) is 3.53. The number of carboxylic acid groups (broad SMARTS) is 3. The molecule has 0 fully saturated rings. The topological polar surface area (TPSA) is 121 Å². The Morgan fingerprint density at radius 1 is 0.700 bits per heavy atom. The monoisotopic (exact) mass is 406 g/mol. The Hall–Kier alpha value is -4.13. The maximum atomic E-state index is 12.5. The summed E-state index contributed by atoms with van der Waals surface area (Å²) in [5.74, 6) is -3.89. The molecule has 0 unspecified atom stereocenters. The Kier molecular flexibility index (Phi) is 5.83. The van der Waals surface area contributed by atoms with Crippen LogP contribution in [0.2, 0.25) is 0 Å². The first kappa shape index (κ1) is 20.6. The Morgan fingerprint density at radius 2 is 1.20 bits per heavy atom. The van der Waals surface area contributed by atoms with E-state index in [2.05, 4.69) is 0 Å². The van der Waals surface area contributed by atoms with Gasteiger partial charge in [-0.3, -0.25) is 4.79 Å². The second-order valence-corrected chi connectivity index (χ2v) is 6.55. The number of aromatic carboxylic acids is 2. The van der Waals surface area contributed by atoms with Crippen molar-refractivity contribution in [3.8, 4) is 5.75 Å². The Labute approximate surface area is 171 Å². The summed E-state index contributed by atoms with van der Waals surface area (Å²) in [6.07, 6.45) is 0. The summed E-state index contributed by atoms with van der Waals surface area (Å²) in [6, 6.07) is 20.7. The lowest BCUT2D eigenvalue weighted by Crippen LogP contribution is -2.42. The highest BCUT2D eigenvalue weighted by Crippen LogP contribution is 2.34. The number of hydrogen-bond acceptors (Lipinski definition) is 4. The fourth-order valence-corrected chi connectivity index (χ4v) is 3.26. The largest absolute Gasteiger partial charge is 0.492 e. The lowest BCUT2D eigenvalue weighted by Gasteiger charge is -2.30. The number of carbonyl (C=O) groups is 3. The van der Waals surface area contributed by atoms with Crippen LogP contribution in [0.1, 0.15) is 31.8 Å². The van der Waals surface area contributed by atoms with Gasteiger partial charge in [0, 0.05) is 0 Å². The van der Waals surface area contributed by atoms with Gasteiger partial charge < -0.3 is 20.1 Å². The first-order chi connectivity index (χ1) is 14.4. The first-order valence-corrected chi connectivity index (χ1v) is 8.94. The summed E-state index contributed by atoms with van der Waals surface area (Å²) in [4.78, 5) is 35.2. The molecule has 0 atom stereocenters. The van der Waals surface area contributed by atoms with Gasteiger partial charge >= 0.3 is 17.9 Å². The molecule has 3 aromatic rings. The molecule has 0 amide bonds. The predicted molar refractivity (Wildman–Crippen MR) is 107 cm³/mol. The van der Waals surface area contributed by atoms with Crippen LogP contribution in [-0.4, -0.2) is 39.8 Å². The molecule has 0 aliphatic heterocycles. The molecule has 0 radical (unpaired) electrons. The van der Waals surface area contributed by atoms with Crippen molar-refractivity contribution in [2.45, 2.75) is 5.41 Å². The number of rotatable bonds is 8. The summed E-state index contributed by atoms with van der Waals surface area (Å²) in [5.41, 5.74) is -1.41. The van der Waals surface area contributed by atoms with Crippen LogP contribution in [0, 0.1) is 0 Å². The summed E-state index contributed by atoms with van der Waals surface area (Å²) in [6.45, 7) is -0.332. The zero-order valence-corrected chi connectivity index (χ0v) is 15.7. The maximum absolute atomic E-state index is 12.5. The van der Waals surface area contributed by atoms with E-state index >= 15 is 0 Å². The highest BCUT2D eigenvalue weighted by Gasteiger charge is 2.43. The Bertz CT molecular complexity index is 1040. The molecule has 0 heterocycles. The van der Waals surface area contributed by atoms with Gasteiger partial charge in [-0.2, -0.15) is 0 Å². The first-order valence-electron chi connectivity index (χ1n) is 8.94. The van der Waals surface area contributed by atoms with Crippen LogP contribution in [0.5, 0.6) is 5.75 Å². The normalized spacial score (nSPS) is 10.9. The van der Waals surface area contributed by atoms with Crippen LogP contribution in [0.3, 0.4) is 0 Å². The Balaban J connectivity index is 2.05. The molecule has 3 rings (SSSR count). The number of carboxylic acids is 3. The molecule has 3 N–H and O–H groups in total. The van der Waals surface area contributed by atoms with Crippen molar-refractivity contribution in [1.82, 2.24) is 0 Å². The molecule has 30 heavy (non-hydrogen) atoms. The van der Waals surface area contributed by atoms with Gasteiger partial charge in [-0.1, -0.05) is 60.7 Å². The van der Waals surface area contributed by atoms with Gasteiger partial charge in [0.25, 0.3) is 0 Å². The molecule has 0 aliphatic rings. The second kappa shape index (κ2) is 8.48. The van der Waals surface area contributed by atoms with Crippen molar-refractivity contribution in [3.63, 3.8) is 0 Å². The number of ether oxygens (including phenoxy) is 1. The van der Waals surface area contributed by atoms with Gasteiger partial charge in [0.15, 0.2) is 5.41 Å². The number of benzene rings is 3. The molecule has 0 saturated carbocycles. The van der Waals surface area contributed by atoms with Gasteiger partial charge in [0.2, 0.25) is 0 Å². The van der Waals surface area contributed by atoms with Gasteiger partial charge in [0.1, 0.15) is 12.4 Å². The van der Waals surface area contributed by atoms with E-state index in [4.69, 9.17) is 9.84 Å². The molecule has 0 aromatic heterocycles. The van der Waals surface area contributed by atoms with Gasteiger partial charge in [-0.15, -0.1) is 0 Å². The van der Waals surface area contributed by atoms with E-state index in [0.717, 1.165) is 12.1 Å². The van der Waals surface area contributed by atoms with Crippen LogP contribution in [0.15, 0.2) is 78.9 Å². The second-order valence-electron chi connectivity index (χ2n) is 6.55. The minimum atomic E-state index is -1.56. The molecule has 0 spiro atoms.